The third kappa shape index (κ3) is 4.41. The van der Waals surface area contributed by atoms with Crippen molar-refractivity contribution in [2.24, 2.45) is 0 Å². The maximum atomic E-state index is 12.8. The second-order valence-electron chi connectivity index (χ2n) is 6.66. The molecule has 4 rings (SSSR count). The zero-order chi connectivity index (χ0) is 20.2. The van der Waals surface area contributed by atoms with Gasteiger partial charge in [0.2, 0.25) is 5.91 Å². The van der Waals surface area contributed by atoms with E-state index < -0.39 is 0 Å². The number of nitrogens with zero attached hydrogens (tertiary/aromatic N) is 2. The highest BCUT2D eigenvalue weighted by atomic mass is 32.1. The van der Waals surface area contributed by atoms with Gasteiger partial charge in [0.05, 0.1) is 21.6 Å². The largest absolute Gasteiger partial charge is 0.301 e. The van der Waals surface area contributed by atoms with Gasteiger partial charge in [0.1, 0.15) is 5.69 Å². The quantitative estimate of drug-likeness (QED) is 0.411. The Balaban J connectivity index is 1.50. The minimum absolute atomic E-state index is 0.00251. The molecule has 0 aliphatic carbocycles. The van der Waals surface area contributed by atoms with Crippen LogP contribution in [-0.4, -0.2) is 21.7 Å². The van der Waals surface area contributed by atoms with E-state index in [4.69, 9.17) is 0 Å². The van der Waals surface area contributed by atoms with E-state index in [1.54, 1.807) is 10.9 Å². The highest BCUT2D eigenvalue weighted by molar-refractivity contribution is 7.22. The smallest absolute Gasteiger partial charge is 0.233 e. The van der Waals surface area contributed by atoms with E-state index in [9.17, 15) is 9.59 Å². The zero-order valence-corrected chi connectivity index (χ0v) is 17.4. The van der Waals surface area contributed by atoms with Gasteiger partial charge in [-0.25, -0.2) is 9.97 Å². The molecule has 4 aromatic rings. The Morgan fingerprint density at radius 2 is 1.97 bits per heavy atom. The zero-order valence-electron chi connectivity index (χ0n) is 15.8. The van der Waals surface area contributed by atoms with Crippen molar-refractivity contribution in [2.75, 3.05) is 5.32 Å². The van der Waals surface area contributed by atoms with Crippen LogP contribution in [0.15, 0.2) is 59.4 Å². The van der Waals surface area contributed by atoms with E-state index in [0.29, 0.717) is 23.7 Å². The Morgan fingerprint density at radius 3 is 2.69 bits per heavy atom. The molecule has 0 saturated carbocycles. The summed E-state index contributed by atoms with van der Waals surface area (Å²) in [5.41, 5.74) is 4.87. The highest BCUT2D eigenvalue weighted by Gasteiger charge is 2.20. The Bertz CT molecular complexity index is 1140. The highest BCUT2D eigenvalue weighted by Crippen LogP contribution is 2.29. The summed E-state index contributed by atoms with van der Waals surface area (Å²) in [6.45, 7) is 2.00. The van der Waals surface area contributed by atoms with Gasteiger partial charge in [-0.3, -0.25) is 9.59 Å². The number of ketones is 1. The predicted octanol–water partition coefficient (Wildman–Crippen LogP) is 5.31. The SMILES string of the molecule is CC[C@@H](C(=O)Nc1nc2ccc(CC(=O)c3cscn3)cc2s1)c1ccccc1. The summed E-state index contributed by atoms with van der Waals surface area (Å²) < 4.78 is 0.941. The summed E-state index contributed by atoms with van der Waals surface area (Å²) in [5.74, 6) is -0.275. The second-order valence-corrected chi connectivity index (χ2v) is 8.40. The fourth-order valence-electron chi connectivity index (χ4n) is 3.21. The first-order valence-corrected chi connectivity index (χ1v) is 11.1. The lowest BCUT2D eigenvalue weighted by Gasteiger charge is -2.13. The van der Waals surface area contributed by atoms with Gasteiger partial charge < -0.3 is 5.32 Å². The molecule has 5 nitrogen and oxygen atoms in total. The van der Waals surface area contributed by atoms with Crippen molar-refractivity contribution in [3.05, 3.63) is 76.2 Å². The van der Waals surface area contributed by atoms with Crippen molar-refractivity contribution in [3.63, 3.8) is 0 Å². The first-order valence-electron chi connectivity index (χ1n) is 9.30. The minimum atomic E-state index is -0.213. The minimum Gasteiger partial charge on any atom is -0.301 e. The van der Waals surface area contributed by atoms with Crippen molar-refractivity contribution in [2.45, 2.75) is 25.7 Å². The van der Waals surface area contributed by atoms with Crippen LogP contribution in [-0.2, 0) is 11.2 Å². The van der Waals surface area contributed by atoms with E-state index in [2.05, 4.69) is 15.3 Å². The van der Waals surface area contributed by atoms with Crippen molar-refractivity contribution in [1.82, 2.24) is 9.97 Å². The molecule has 2 aromatic carbocycles. The molecule has 0 spiro atoms. The Labute approximate surface area is 176 Å². The van der Waals surface area contributed by atoms with Crippen LogP contribution in [0.5, 0.6) is 0 Å². The molecule has 0 aliphatic heterocycles. The van der Waals surface area contributed by atoms with Crippen LogP contribution in [0.3, 0.4) is 0 Å². The number of amides is 1. The van der Waals surface area contributed by atoms with Gasteiger partial charge in [-0.1, -0.05) is 54.7 Å². The molecule has 0 saturated heterocycles. The van der Waals surface area contributed by atoms with Crippen LogP contribution in [0.4, 0.5) is 5.13 Å². The Kier molecular flexibility index (Phi) is 5.78. The van der Waals surface area contributed by atoms with Crippen LogP contribution in [0.1, 0.15) is 40.9 Å². The van der Waals surface area contributed by atoms with Gasteiger partial charge in [-0.2, -0.15) is 0 Å². The van der Waals surface area contributed by atoms with Crippen molar-refractivity contribution < 1.29 is 9.59 Å². The molecular formula is C22H19N3O2S2. The van der Waals surface area contributed by atoms with Gasteiger partial charge in [0.15, 0.2) is 10.9 Å². The van der Waals surface area contributed by atoms with E-state index in [0.717, 1.165) is 21.3 Å². The van der Waals surface area contributed by atoms with E-state index in [1.165, 1.54) is 22.7 Å². The number of Topliss-reactive ketones (excluding diaryl/α,β-unsaturated/α-hetero) is 1. The Morgan fingerprint density at radius 1 is 1.14 bits per heavy atom. The van der Waals surface area contributed by atoms with Crippen LogP contribution in [0.2, 0.25) is 0 Å². The fraction of sp³-hybridized carbons (Fsp3) is 0.182. The van der Waals surface area contributed by atoms with Gasteiger partial charge in [0.25, 0.3) is 0 Å². The molecule has 29 heavy (non-hydrogen) atoms. The third-order valence-electron chi connectivity index (χ3n) is 4.69. The molecule has 146 valence electrons. The fourth-order valence-corrected chi connectivity index (χ4v) is 4.70. The molecule has 0 unspecified atom stereocenters. The lowest BCUT2D eigenvalue weighted by Crippen LogP contribution is -2.20. The maximum absolute atomic E-state index is 12.8. The lowest BCUT2D eigenvalue weighted by molar-refractivity contribution is -0.117. The van der Waals surface area contributed by atoms with Crippen molar-refractivity contribution in [3.8, 4) is 0 Å². The Hall–Kier alpha value is -2.90. The van der Waals surface area contributed by atoms with Gasteiger partial charge in [-0.15, -0.1) is 11.3 Å². The normalized spacial score (nSPS) is 12.0. The number of nitrogens with one attached hydrogen (secondary N) is 1. The molecule has 1 N–H and O–H groups in total. The number of carbonyl (C=O) groups excluding carboxylic acids is 2. The monoisotopic (exact) mass is 421 g/mol. The third-order valence-corrected chi connectivity index (χ3v) is 6.21. The summed E-state index contributed by atoms with van der Waals surface area (Å²) in [4.78, 5) is 33.6. The molecule has 0 bridgehead atoms. The van der Waals surface area contributed by atoms with Crippen LogP contribution >= 0.6 is 22.7 Å². The molecule has 0 fully saturated rings. The number of fused-ring (bicyclic) bond motifs is 1. The van der Waals surface area contributed by atoms with Crippen molar-refractivity contribution in [1.29, 1.82) is 0 Å². The summed E-state index contributed by atoms with van der Waals surface area (Å²) in [5, 5.41) is 5.29. The van der Waals surface area contributed by atoms with Crippen molar-refractivity contribution >= 4 is 49.7 Å². The summed E-state index contributed by atoms with van der Waals surface area (Å²) >= 11 is 2.83. The van der Waals surface area contributed by atoms with Crippen LogP contribution < -0.4 is 5.32 Å². The number of aromatic nitrogens is 2. The van der Waals surface area contributed by atoms with Gasteiger partial charge >= 0.3 is 0 Å². The number of hydrogen-bond acceptors (Lipinski definition) is 6. The first kappa shape index (κ1) is 19.4. The second kappa shape index (κ2) is 8.63. The summed E-state index contributed by atoms with van der Waals surface area (Å²) in [7, 11) is 0. The number of thiazole rings is 2. The molecule has 1 atom stereocenters. The molecule has 2 aromatic heterocycles. The molecule has 1 amide bonds. The number of carbonyl (C=O) groups is 2. The lowest BCUT2D eigenvalue weighted by atomic mass is 9.96. The number of rotatable bonds is 7. The number of benzene rings is 2. The standard InChI is InChI=1S/C22H19N3O2S2/c1-2-16(15-6-4-3-5-7-15)21(27)25-22-24-17-9-8-14(11-20(17)29-22)10-19(26)18-12-28-13-23-18/h3-9,11-13,16H,2,10H2,1H3,(H,24,25,27)/t16-/m1/s1. The molecule has 2 heterocycles. The molecule has 0 radical (unpaired) electrons. The summed E-state index contributed by atoms with van der Waals surface area (Å²) in [6, 6.07) is 15.5. The average Bonchev–Trinajstić information content (AvgIpc) is 3.38. The van der Waals surface area contributed by atoms with E-state index in [-0.39, 0.29) is 17.6 Å². The topological polar surface area (TPSA) is 72.0 Å². The maximum Gasteiger partial charge on any atom is 0.233 e. The first-order chi connectivity index (χ1) is 14.1. The average molecular weight is 422 g/mol. The number of hydrogen-bond donors (Lipinski definition) is 1. The molecule has 0 aliphatic rings. The van der Waals surface area contributed by atoms with Crippen LogP contribution in [0, 0.1) is 0 Å². The van der Waals surface area contributed by atoms with Crippen LogP contribution in [0.25, 0.3) is 10.2 Å². The van der Waals surface area contributed by atoms with E-state index >= 15 is 0 Å². The predicted molar refractivity (Wildman–Crippen MR) is 118 cm³/mol. The molecule has 7 heteroatoms. The number of anilines is 1. The van der Waals surface area contributed by atoms with Gasteiger partial charge in [0, 0.05) is 11.8 Å². The summed E-state index contributed by atoms with van der Waals surface area (Å²) in [6.07, 6.45) is 1.01. The van der Waals surface area contributed by atoms with Gasteiger partial charge in [-0.05, 0) is 29.7 Å². The van der Waals surface area contributed by atoms with E-state index in [1.807, 2.05) is 55.5 Å². The molecular weight excluding hydrogens is 402 g/mol.